The van der Waals surface area contributed by atoms with Gasteiger partial charge < -0.3 is 4.74 Å². The van der Waals surface area contributed by atoms with E-state index in [1.54, 1.807) is 12.4 Å². The lowest BCUT2D eigenvalue weighted by atomic mass is 10.0. The minimum atomic E-state index is 0.749. The first-order valence-electron chi connectivity index (χ1n) is 13.9. The van der Waals surface area contributed by atoms with Crippen molar-refractivity contribution in [1.29, 1.82) is 0 Å². The van der Waals surface area contributed by atoms with Crippen molar-refractivity contribution in [2.24, 2.45) is 0 Å². The molecule has 0 fully saturated rings. The summed E-state index contributed by atoms with van der Waals surface area (Å²) in [6.45, 7) is 3.01. The summed E-state index contributed by atoms with van der Waals surface area (Å²) >= 11 is 0. The van der Waals surface area contributed by atoms with Crippen molar-refractivity contribution in [3.8, 4) is 17.1 Å². The zero-order valence-corrected chi connectivity index (χ0v) is 21.8. The predicted molar refractivity (Wildman–Crippen MR) is 148 cm³/mol. The van der Waals surface area contributed by atoms with E-state index in [0.29, 0.717) is 0 Å². The molecule has 0 aliphatic rings. The third kappa shape index (κ3) is 11.1. The van der Waals surface area contributed by atoms with Crippen LogP contribution in [-0.2, 0) is 12.8 Å². The van der Waals surface area contributed by atoms with Crippen molar-refractivity contribution >= 4 is 0 Å². The van der Waals surface area contributed by atoms with Crippen molar-refractivity contribution in [1.82, 2.24) is 9.97 Å². The smallest absolute Gasteiger partial charge is 0.159 e. The molecule has 0 radical (unpaired) electrons. The molecule has 3 rings (SSSR count). The van der Waals surface area contributed by atoms with E-state index >= 15 is 0 Å². The summed E-state index contributed by atoms with van der Waals surface area (Å²) in [5.41, 5.74) is 3.90. The standard InChI is InChI=1S/C32H44N2O/c1-2-3-4-5-6-7-10-16-25-35-31-26-33-32(34-27-31)30-23-21-29(22-24-30)20-13-9-8-12-17-28-18-14-11-15-19-28/h11,14-15,18-19,21-24,26-27H,2-10,12-13,16-17,20,25H2,1H3. The minimum Gasteiger partial charge on any atom is -0.490 e. The number of rotatable bonds is 18. The first-order chi connectivity index (χ1) is 17.3. The molecule has 0 saturated carbocycles. The molecule has 3 aromatic rings. The molecule has 2 aromatic carbocycles. The molecule has 35 heavy (non-hydrogen) atoms. The number of benzene rings is 2. The van der Waals surface area contributed by atoms with E-state index in [0.717, 1.165) is 36.6 Å². The Morgan fingerprint density at radius 3 is 1.74 bits per heavy atom. The van der Waals surface area contributed by atoms with Gasteiger partial charge in [-0.15, -0.1) is 0 Å². The second kappa shape index (κ2) is 16.9. The fraction of sp³-hybridized carbons (Fsp3) is 0.500. The lowest BCUT2D eigenvalue weighted by Gasteiger charge is -2.07. The molecule has 3 heteroatoms. The highest BCUT2D eigenvalue weighted by Gasteiger charge is 2.03. The molecule has 0 aliphatic carbocycles. The Balaban J connectivity index is 1.27. The lowest BCUT2D eigenvalue weighted by Crippen LogP contribution is -1.99. The maximum absolute atomic E-state index is 5.83. The Labute approximate surface area is 213 Å². The van der Waals surface area contributed by atoms with Crippen LogP contribution in [-0.4, -0.2) is 16.6 Å². The molecular weight excluding hydrogens is 428 g/mol. The van der Waals surface area contributed by atoms with E-state index in [9.17, 15) is 0 Å². The fourth-order valence-corrected chi connectivity index (χ4v) is 4.44. The fourth-order valence-electron chi connectivity index (χ4n) is 4.44. The largest absolute Gasteiger partial charge is 0.490 e. The molecule has 0 amide bonds. The van der Waals surface area contributed by atoms with Crippen molar-refractivity contribution < 1.29 is 4.74 Å². The number of ether oxygens (including phenoxy) is 1. The first-order valence-corrected chi connectivity index (χ1v) is 13.9. The maximum atomic E-state index is 5.83. The van der Waals surface area contributed by atoms with Crippen LogP contribution >= 0.6 is 0 Å². The lowest BCUT2D eigenvalue weighted by molar-refractivity contribution is 0.302. The summed E-state index contributed by atoms with van der Waals surface area (Å²) < 4.78 is 5.83. The average Bonchev–Trinajstić information content (AvgIpc) is 2.91. The van der Waals surface area contributed by atoms with Crippen LogP contribution in [0.2, 0.25) is 0 Å². The van der Waals surface area contributed by atoms with E-state index < -0.39 is 0 Å². The number of hydrogen-bond acceptors (Lipinski definition) is 3. The number of aromatic nitrogens is 2. The summed E-state index contributed by atoms with van der Waals surface area (Å²) in [5.74, 6) is 1.53. The van der Waals surface area contributed by atoms with Gasteiger partial charge in [-0.2, -0.15) is 0 Å². The SMILES string of the molecule is CCCCCCCCCCOc1cnc(-c2ccc(CCCCCCc3ccccc3)cc2)nc1. The van der Waals surface area contributed by atoms with Crippen LogP contribution in [0.4, 0.5) is 0 Å². The molecule has 0 N–H and O–H groups in total. The Hall–Kier alpha value is -2.68. The van der Waals surface area contributed by atoms with Gasteiger partial charge in [0.05, 0.1) is 19.0 Å². The van der Waals surface area contributed by atoms with Gasteiger partial charge in [-0.25, -0.2) is 9.97 Å². The number of nitrogens with zero attached hydrogens (tertiary/aromatic N) is 2. The Morgan fingerprint density at radius 1 is 0.571 bits per heavy atom. The van der Waals surface area contributed by atoms with Crippen LogP contribution < -0.4 is 4.74 Å². The summed E-state index contributed by atoms with van der Waals surface area (Å²) in [7, 11) is 0. The molecule has 1 aromatic heterocycles. The van der Waals surface area contributed by atoms with Crippen molar-refractivity contribution in [3.63, 3.8) is 0 Å². The quantitative estimate of drug-likeness (QED) is 0.173. The van der Waals surface area contributed by atoms with Gasteiger partial charge in [0.1, 0.15) is 0 Å². The average molecular weight is 473 g/mol. The van der Waals surface area contributed by atoms with Crippen LogP contribution in [0.15, 0.2) is 67.0 Å². The molecule has 0 spiro atoms. The van der Waals surface area contributed by atoms with Crippen molar-refractivity contribution in [3.05, 3.63) is 78.1 Å². The Kier molecular flexibility index (Phi) is 13.0. The summed E-state index contributed by atoms with van der Waals surface area (Å²) in [6.07, 6.45) is 21.5. The third-order valence-electron chi connectivity index (χ3n) is 6.63. The van der Waals surface area contributed by atoms with Crippen LogP contribution in [0.1, 0.15) is 95.1 Å². The van der Waals surface area contributed by atoms with Crippen LogP contribution in [0.5, 0.6) is 5.75 Å². The molecule has 0 saturated heterocycles. The van der Waals surface area contributed by atoms with E-state index in [1.807, 2.05) is 0 Å². The van der Waals surface area contributed by atoms with Gasteiger partial charge in [0.25, 0.3) is 0 Å². The zero-order valence-electron chi connectivity index (χ0n) is 21.8. The Morgan fingerprint density at radius 2 is 1.11 bits per heavy atom. The molecular formula is C32H44N2O. The van der Waals surface area contributed by atoms with Gasteiger partial charge in [0.15, 0.2) is 11.6 Å². The highest BCUT2D eigenvalue weighted by atomic mass is 16.5. The first kappa shape index (κ1) is 26.9. The highest BCUT2D eigenvalue weighted by molar-refractivity contribution is 5.55. The summed E-state index contributed by atoms with van der Waals surface area (Å²) in [4.78, 5) is 9.04. The predicted octanol–water partition coefficient (Wildman–Crippen LogP) is 9.01. The number of hydrogen-bond donors (Lipinski definition) is 0. The van der Waals surface area contributed by atoms with Gasteiger partial charge in [-0.05, 0) is 43.2 Å². The molecule has 1 heterocycles. The summed E-state index contributed by atoms with van der Waals surface area (Å²) in [5, 5.41) is 0. The van der Waals surface area contributed by atoms with Crippen LogP contribution in [0.25, 0.3) is 11.4 Å². The van der Waals surface area contributed by atoms with Gasteiger partial charge in [0.2, 0.25) is 0 Å². The second-order valence-corrected chi connectivity index (χ2v) is 9.66. The molecule has 3 nitrogen and oxygen atoms in total. The van der Waals surface area contributed by atoms with E-state index in [-0.39, 0.29) is 0 Å². The highest BCUT2D eigenvalue weighted by Crippen LogP contribution is 2.19. The van der Waals surface area contributed by atoms with Crippen LogP contribution in [0.3, 0.4) is 0 Å². The van der Waals surface area contributed by atoms with Crippen molar-refractivity contribution in [2.75, 3.05) is 6.61 Å². The van der Waals surface area contributed by atoms with Gasteiger partial charge in [0, 0.05) is 5.56 Å². The second-order valence-electron chi connectivity index (χ2n) is 9.66. The molecule has 0 atom stereocenters. The topological polar surface area (TPSA) is 35.0 Å². The van der Waals surface area contributed by atoms with E-state index in [4.69, 9.17) is 4.74 Å². The van der Waals surface area contributed by atoms with Gasteiger partial charge in [-0.3, -0.25) is 0 Å². The molecule has 0 aliphatic heterocycles. The zero-order chi connectivity index (χ0) is 24.4. The molecule has 0 bridgehead atoms. The molecule has 188 valence electrons. The van der Waals surface area contributed by atoms with Gasteiger partial charge >= 0.3 is 0 Å². The third-order valence-corrected chi connectivity index (χ3v) is 6.63. The minimum absolute atomic E-state index is 0.749. The van der Waals surface area contributed by atoms with Crippen molar-refractivity contribution in [2.45, 2.75) is 96.8 Å². The van der Waals surface area contributed by atoms with Crippen LogP contribution in [0, 0.1) is 0 Å². The maximum Gasteiger partial charge on any atom is 0.159 e. The van der Waals surface area contributed by atoms with Gasteiger partial charge in [-0.1, -0.05) is 119 Å². The number of unbranched alkanes of at least 4 members (excludes halogenated alkanes) is 10. The van der Waals surface area contributed by atoms with E-state index in [2.05, 4.69) is 71.5 Å². The summed E-state index contributed by atoms with van der Waals surface area (Å²) in [6, 6.07) is 19.5. The normalized spacial score (nSPS) is 11.0. The van der Waals surface area contributed by atoms with E-state index in [1.165, 1.54) is 88.2 Å². The Bertz CT molecular complexity index is 907. The molecule has 0 unspecified atom stereocenters. The monoisotopic (exact) mass is 472 g/mol. The number of aryl methyl sites for hydroxylation is 2.